The molecule has 7 nitrogen and oxygen atoms in total. The van der Waals surface area contributed by atoms with E-state index < -0.39 is 26.4 Å². The average Bonchev–Trinajstić information content (AvgIpc) is 2.35. The van der Waals surface area contributed by atoms with Gasteiger partial charge in [0.05, 0.1) is 22.0 Å². The van der Waals surface area contributed by atoms with Gasteiger partial charge in [0, 0.05) is 18.4 Å². The van der Waals surface area contributed by atoms with Crippen LogP contribution < -0.4 is 0 Å². The number of ether oxygens (including phenoxy) is 1. The Hall–Kier alpha value is -2.22. The van der Waals surface area contributed by atoms with E-state index in [2.05, 4.69) is 4.74 Å². The van der Waals surface area contributed by atoms with Crippen LogP contribution >= 0.6 is 0 Å². The number of nitrogens with zero attached hydrogens (tertiary/aromatic N) is 1. The number of hydrogen-bond acceptors (Lipinski definition) is 6. The minimum absolute atomic E-state index is 0.121. The second-order valence-electron chi connectivity index (χ2n) is 3.84. The molecule has 0 radical (unpaired) electrons. The van der Waals surface area contributed by atoms with E-state index in [1.54, 1.807) is 6.92 Å². The van der Waals surface area contributed by atoms with Crippen molar-refractivity contribution in [3.63, 3.8) is 0 Å². The Kier molecular flexibility index (Phi) is 4.98. The van der Waals surface area contributed by atoms with Crippen LogP contribution in [-0.4, -0.2) is 32.2 Å². The maximum Gasteiger partial charge on any atom is 0.330 e. The largest absolute Gasteiger partial charge is 0.463 e. The Balaban J connectivity index is 3.21. The van der Waals surface area contributed by atoms with Crippen molar-refractivity contribution >= 4 is 27.6 Å². The summed E-state index contributed by atoms with van der Waals surface area (Å²) in [5.74, 6) is -0.631. The predicted molar refractivity (Wildman–Crippen MR) is 71.9 cm³/mol. The summed E-state index contributed by atoms with van der Waals surface area (Å²) < 4.78 is 27.4. The molecule has 0 heterocycles. The fraction of sp³-hybridized carbons (Fsp3) is 0.250. The van der Waals surface area contributed by atoms with Crippen molar-refractivity contribution in [2.45, 2.75) is 11.8 Å². The molecular formula is C12H13NO6S. The number of nitro groups is 1. The number of carbonyl (C=O) groups is 1. The van der Waals surface area contributed by atoms with Crippen LogP contribution in [0.3, 0.4) is 0 Å². The number of rotatable bonds is 5. The minimum Gasteiger partial charge on any atom is -0.463 e. The zero-order valence-corrected chi connectivity index (χ0v) is 11.7. The number of nitro benzene ring substituents is 1. The molecule has 0 bridgehead atoms. The van der Waals surface area contributed by atoms with E-state index >= 15 is 0 Å². The van der Waals surface area contributed by atoms with Crippen LogP contribution in [0.1, 0.15) is 12.5 Å². The summed E-state index contributed by atoms with van der Waals surface area (Å²) in [6.45, 7) is 1.83. The molecule has 0 aromatic heterocycles. The molecule has 8 heteroatoms. The predicted octanol–water partition coefficient (Wildman–Crippen LogP) is 1.57. The number of sulfone groups is 1. The molecule has 0 atom stereocenters. The Labute approximate surface area is 115 Å². The Morgan fingerprint density at radius 3 is 2.60 bits per heavy atom. The van der Waals surface area contributed by atoms with Crippen LogP contribution in [0.25, 0.3) is 6.08 Å². The van der Waals surface area contributed by atoms with Gasteiger partial charge in [-0.15, -0.1) is 0 Å². The summed E-state index contributed by atoms with van der Waals surface area (Å²) in [4.78, 5) is 21.2. The molecule has 0 N–H and O–H groups in total. The van der Waals surface area contributed by atoms with Crippen molar-refractivity contribution in [1.29, 1.82) is 0 Å². The van der Waals surface area contributed by atoms with Crippen LogP contribution in [0, 0.1) is 10.1 Å². The second kappa shape index (κ2) is 6.29. The van der Waals surface area contributed by atoms with Gasteiger partial charge in [0.25, 0.3) is 5.69 Å². The van der Waals surface area contributed by atoms with Crippen molar-refractivity contribution in [2.24, 2.45) is 0 Å². The maximum atomic E-state index is 11.4. The molecule has 1 rings (SSSR count). The lowest BCUT2D eigenvalue weighted by atomic mass is 10.1. The summed E-state index contributed by atoms with van der Waals surface area (Å²) in [5, 5.41) is 10.9. The summed E-state index contributed by atoms with van der Waals surface area (Å²) in [5.41, 5.74) is -0.274. The van der Waals surface area contributed by atoms with Gasteiger partial charge in [-0.2, -0.15) is 0 Å². The molecule has 0 saturated carbocycles. The molecule has 0 aliphatic rings. The van der Waals surface area contributed by atoms with Crippen LogP contribution in [-0.2, 0) is 19.4 Å². The summed E-state index contributed by atoms with van der Waals surface area (Å²) in [6.07, 6.45) is 3.22. The highest BCUT2D eigenvalue weighted by molar-refractivity contribution is 7.90. The topological polar surface area (TPSA) is 104 Å². The molecule has 0 unspecified atom stereocenters. The lowest BCUT2D eigenvalue weighted by molar-refractivity contribution is -0.385. The first kappa shape index (κ1) is 15.8. The maximum absolute atomic E-state index is 11.4. The third kappa shape index (κ3) is 4.16. The van der Waals surface area contributed by atoms with E-state index in [0.29, 0.717) is 0 Å². The van der Waals surface area contributed by atoms with Crippen LogP contribution in [0.2, 0.25) is 0 Å². The van der Waals surface area contributed by atoms with Gasteiger partial charge in [-0.1, -0.05) is 0 Å². The highest BCUT2D eigenvalue weighted by Gasteiger charge is 2.17. The Morgan fingerprint density at radius 2 is 2.10 bits per heavy atom. The van der Waals surface area contributed by atoms with Crippen molar-refractivity contribution < 1.29 is 22.9 Å². The fourth-order valence-electron chi connectivity index (χ4n) is 1.40. The SMILES string of the molecule is CCOC(=O)C=Cc1ccc(S(C)(=O)=O)cc1[N+](=O)[O-]. The molecule has 0 aliphatic carbocycles. The number of carbonyl (C=O) groups excluding carboxylic acids is 1. The van der Waals surface area contributed by atoms with Crippen molar-refractivity contribution in [3.05, 3.63) is 40.0 Å². The molecule has 0 spiro atoms. The van der Waals surface area contributed by atoms with Gasteiger partial charge in [0.2, 0.25) is 0 Å². The summed E-state index contributed by atoms with van der Waals surface area (Å²) >= 11 is 0. The fourth-order valence-corrected chi connectivity index (χ4v) is 2.04. The van der Waals surface area contributed by atoms with Crippen LogP contribution in [0.5, 0.6) is 0 Å². The van der Waals surface area contributed by atoms with Gasteiger partial charge >= 0.3 is 5.97 Å². The standard InChI is InChI=1S/C12H13NO6S/c1-3-19-12(14)7-5-9-4-6-10(20(2,17)18)8-11(9)13(15)16/h4-8H,3H2,1-2H3. The van der Waals surface area contributed by atoms with Gasteiger partial charge in [0.1, 0.15) is 0 Å². The highest BCUT2D eigenvalue weighted by atomic mass is 32.2. The van der Waals surface area contributed by atoms with Gasteiger partial charge in [-0.05, 0) is 25.1 Å². The monoisotopic (exact) mass is 299 g/mol. The van der Waals surface area contributed by atoms with Crippen LogP contribution in [0.15, 0.2) is 29.2 Å². The highest BCUT2D eigenvalue weighted by Crippen LogP contribution is 2.24. The van der Waals surface area contributed by atoms with Gasteiger partial charge in [-0.3, -0.25) is 10.1 Å². The Morgan fingerprint density at radius 1 is 1.45 bits per heavy atom. The zero-order chi connectivity index (χ0) is 15.3. The van der Waals surface area contributed by atoms with Crippen molar-refractivity contribution in [2.75, 3.05) is 12.9 Å². The first-order valence-electron chi connectivity index (χ1n) is 5.59. The van der Waals surface area contributed by atoms with Gasteiger partial charge in [0.15, 0.2) is 9.84 Å². The summed E-state index contributed by atoms with van der Waals surface area (Å²) in [6, 6.07) is 3.47. The lowest BCUT2D eigenvalue weighted by Crippen LogP contribution is -2.01. The average molecular weight is 299 g/mol. The molecule has 0 aliphatic heterocycles. The van der Waals surface area contributed by atoms with Gasteiger partial charge < -0.3 is 4.74 Å². The van der Waals surface area contributed by atoms with E-state index in [4.69, 9.17) is 0 Å². The van der Waals surface area contributed by atoms with E-state index in [-0.39, 0.29) is 17.1 Å². The smallest absolute Gasteiger partial charge is 0.330 e. The molecular weight excluding hydrogens is 286 g/mol. The van der Waals surface area contributed by atoms with E-state index in [0.717, 1.165) is 18.4 Å². The summed E-state index contributed by atoms with van der Waals surface area (Å²) in [7, 11) is -3.54. The van der Waals surface area contributed by atoms with Crippen molar-refractivity contribution in [1.82, 2.24) is 0 Å². The second-order valence-corrected chi connectivity index (χ2v) is 5.85. The van der Waals surface area contributed by atoms with E-state index in [1.165, 1.54) is 18.2 Å². The molecule has 0 saturated heterocycles. The molecule has 1 aromatic carbocycles. The third-order valence-electron chi connectivity index (χ3n) is 2.31. The first-order valence-corrected chi connectivity index (χ1v) is 7.48. The minimum atomic E-state index is -3.54. The molecule has 20 heavy (non-hydrogen) atoms. The first-order chi connectivity index (χ1) is 9.25. The van der Waals surface area contributed by atoms with E-state index in [1.807, 2.05) is 0 Å². The molecule has 1 aromatic rings. The Bertz CT molecular complexity index is 663. The van der Waals surface area contributed by atoms with Gasteiger partial charge in [-0.25, -0.2) is 13.2 Å². The van der Waals surface area contributed by atoms with Crippen LogP contribution in [0.4, 0.5) is 5.69 Å². The van der Waals surface area contributed by atoms with E-state index in [9.17, 15) is 23.3 Å². The van der Waals surface area contributed by atoms with Crippen molar-refractivity contribution in [3.8, 4) is 0 Å². The quantitative estimate of drug-likeness (QED) is 0.354. The number of hydrogen-bond donors (Lipinski definition) is 0. The normalized spacial score (nSPS) is 11.5. The number of esters is 1. The molecule has 108 valence electrons. The lowest BCUT2D eigenvalue weighted by Gasteiger charge is -2.01. The molecule has 0 fully saturated rings. The zero-order valence-electron chi connectivity index (χ0n) is 10.9. The number of benzene rings is 1. The molecule has 0 amide bonds. The third-order valence-corrected chi connectivity index (χ3v) is 3.42.